The molecule has 0 spiro atoms. The highest BCUT2D eigenvalue weighted by Gasteiger charge is 2.15. The molecule has 0 aliphatic carbocycles. The van der Waals surface area contributed by atoms with Crippen molar-refractivity contribution >= 4 is 29.1 Å². The predicted octanol–water partition coefficient (Wildman–Crippen LogP) is 3.28. The first kappa shape index (κ1) is 16.3. The van der Waals surface area contributed by atoms with Gasteiger partial charge in [0, 0.05) is 31.5 Å². The van der Waals surface area contributed by atoms with E-state index in [0.717, 1.165) is 31.0 Å². The lowest BCUT2D eigenvalue weighted by atomic mass is 10.2. The second kappa shape index (κ2) is 7.32. The summed E-state index contributed by atoms with van der Waals surface area (Å²) in [7, 11) is 0. The third-order valence-corrected chi connectivity index (χ3v) is 4.74. The van der Waals surface area contributed by atoms with Gasteiger partial charge in [-0.05, 0) is 31.0 Å². The van der Waals surface area contributed by atoms with Crippen LogP contribution in [-0.4, -0.2) is 27.2 Å². The van der Waals surface area contributed by atoms with E-state index in [-0.39, 0.29) is 5.91 Å². The van der Waals surface area contributed by atoms with Gasteiger partial charge in [0.1, 0.15) is 11.6 Å². The summed E-state index contributed by atoms with van der Waals surface area (Å²) in [6, 6.07) is 4.85. The van der Waals surface area contributed by atoms with E-state index in [1.165, 1.54) is 12.8 Å². The molecule has 1 N–H and O–H groups in total. The summed E-state index contributed by atoms with van der Waals surface area (Å²) in [5.74, 6) is 1.84. The fraction of sp³-hybridized carbons (Fsp3) is 0.438. The zero-order chi connectivity index (χ0) is 16.2. The van der Waals surface area contributed by atoms with Crippen molar-refractivity contribution in [3.63, 3.8) is 0 Å². The molecule has 3 rings (SSSR count). The van der Waals surface area contributed by atoms with Crippen molar-refractivity contribution in [1.29, 1.82) is 0 Å². The number of hydrogen-bond acceptors (Lipinski definition) is 3. The lowest BCUT2D eigenvalue weighted by Gasteiger charge is -2.08. The van der Waals surface area contributed by atoms with E-state index in [1.54, 1.807) is 18.2 Å². The molecule has 1 aromatic heterocycles. The van der Waals surface area contributed by atoms with Gasteiger partial charge in [0.05, 0.1) is 10.0 Å². The van der Waals surface area contributed by atoms with Gasteiger partial charge in [-0.25, -0.2) is 0 Å². The fourth-order valence-corrected chi connectivity index (χ4v) is 3.06. The van der Waals surface area contributed by atoms with E-state index in [9.17, 15) is 4.79 Å². The number of halogens is 2. The van der Waals surface area contributed by atoms with Crippen LogP contribution in [0.5, 0.6) is 0 Å². The number of nitrogens with one attached hydrogen (secondary N) is 1. The molecule has 122 valence electrons. The van der Waals surface area contributed by atoms with Gasteiger partial charge < -0.3 is 9.88 Å². The smallest absolute Gasteiger partial charge is 0.251 e. The Hall–Kier alpha value is -1.59. The molecule has 2 heterocycles. The Kier molecular flexibility index (Phi) is 5.18. The normalized spacial score (nSPS) is 14.2. The summed E-state index contributed by atoms with van der Waals surface area (Å²) in [6.07, 6.45) is 5.22. The van der Waals surface area contributed by atoms with Crippen molar-refractivity contribution in [2.24, 2.45) is 0 Å². The van der Waals surface area contributed by atoms with Crippen molar-refractivity contribution < 1.29 is 4.79 Å². The fourth-order valence-electron chi connectivity index (χ4n) is 2.76. The highest BCUT2D eigenvalue weighted by Crippen LogP contribution is 2.22. The minimum absolute atomic E-state index is 0.167. The maximum absolute atomic E-state index is 12.1. The van der Waals surface area contributed by atoms with Crippen LogP contribution < -0.4 is 5.32 Å². The second-order valence-corrected chi connectivity index (χ2v) is 6.44. The zero-order valence-electron chi connectivity index (χ0n) is 12.7. The lowest BCUT2D eigenvalue weighted by Crippen LogP contribution is -2.26. The third-order valence-electron chi connectivity index (χ3n) is 4.00. The number of rotatable bonds is 4. The molecule has 7 heteroatoms. The minimum Gasteiger partial charge on any atom is -0.352 e. The number of carbonyl (C=O) groups is 1. The van der Waals surface area contributed by atoms with E-state index in [2.05, 4.69) is 20.1 Å². The van der Waals surface area contributed by atoms with Crippen LogP contribution in [0, 0.1) is 0 Å². The second-order valence-electron chi connectivity index (χ2n) is 5.63. The summed E-state index contributed by atoms with van der Waals surface area (Å²) in [5, 5.41) is 12.2. The van der Waals surface area contributed by atoms with E-state index in [1.807, 2.05) is 0 Å². The van der Waals surface area contributed by atoms with Crippen LogP contribution in [0.25, 0.3) is 0 Å². The summed E-state index contributed by atoms with van der Waals surface area (Å²) < 4.78 is 2.19. The number of hydrogen-bond donors (Lipinski definition) is 1. The monoisotopic (exact) mass is 352 g/mol. The maximum Gasteiger partial charge on any atom is 0.251 e. The van der Waals surface area contributed by atoms with Crippen molar-refractivity contribution in [2.45, 2.75) is 38.6 Å². The Morgan fingerprint density at radius 3 is 2.87 bits per heavy atom. The maximum atomic E-state index is 12.1. The first-order valence-electron chi connectivity index (χ1n) is 7.79. The summed E-state index contributed by atoms with van der Waals surface area (Å²) >= 11 is 11.8. The molecule has 0 saturated heterocycles. The molecule has 0 unspecified atom stereocenters. The van der Waals surface area contributed by atoms with Gasteiger partial charge in [0.25, 0.3) is 5.91 Å². The quantitative estimate of drug-likeness (QED) is 0.918. The summed E-state index contributed by atoms with van der Waals surface area (Å²) in [6.45, 7) is 1.48. The van der Waals surface area contributed by atoms with Crippen LogP contribution in [-0.2, 0) is 19.4 Å². The summed E-state index contributed by atoms with van der Waals surface area (Å²) in [4.78, 5) is 12.1. The molecule has 0 bridgehead atoms. The van der Waals surface area contributed by atoms with Crippen LogP contribution in [0.3, 0.4) is 0 Å². The molecule has 23 heavy (non-hydrogen) atoms. The molecular formula is C16H18Cl2N4O. The highest BCUT2D eigenvalue weighted by molar-refractivity contribution is 6.42. The van der Waals surface area contributed by atoms with E-state index in [4.69, 9.17) is 23.2 Å². The van der Waals surface area contributed by atoms with Crippen molar-refractivity contribution in [2.75, 3.05) is 6.54 Å². The number of fused-ring (bicyclic) bond motifs is 1. The van der Waals surface area contributed by atoms with Crippen LogP contribution in [0.15, 0.2) is 18.2 Å². The molecular weight excluding hydrogens is 335 g/mol. The van der Waals surface area contributed by atoms with Crippen LogP contribution in [0.2, 0.25) is 10.0 Å². The average Bonchev–Trinajstić information content (AvgIpc) is 2.77. The third kappa shape index (κ3) is 3.85. The largest absolute Gasteiger partial charge is 0.352 e. The van der Waals surface area contributed by atoms with E-state index >= 15 is 0 Å². The average molecular weight is 353 g/mol. The minimum atomic E-state index is -0.167. The van der Waals surface area contributed by atoms with Crippen LogP contribution >= 0.6 is 23.2 Å². The van der Waals surface area contributed by atoms with Crippen LogP contribution in [0.4, 0.5) is 0 Å². The van der Waals surface area contributed by atoms with Crippen molar-refractivity contribution in [3.8, 4) is 0 Å². The molecule has 1 amide bonds. The van der Waals surface area contributed by atoms with E-state index in [0.29, 0.717) is 28.6 Å². The molecule has 2 aromatic rings. The molecule has 1 aliphatic rings. The lowest BCUT2D eigenvalue weighted by molar-refractivity contribution is 0.0954. The molecule has 1 aromatic carbocycles. The first-order valence-corrected chi connectivity index (χ1v) is 8.55. The Balaban J connectivity index is 1.58. The number of nitrogens with zero attached hydrogens (tertiary/aromatic N) is 3. The zero-order valence-corrected chi connectivity index (χ0v) is 14.2. The molecule has 5 nitrogen and oxygen atoms in total. The van der Waals surface area contributed by atoms with E-state index < -0.39 is 0 Å². The summed E-state index contributed by atoms with van der Waals surface area (Å²) in [5.41, 5.74) is 0.500. The van der Waals surface area contributed by atoms with Crippen molar-refractivity contribution in [3.05, 3.63) is 45.5 Å². The Bertz CT molecular complexity index is 714. The van der Waals surface area contributed by atoms with Crippen LogP contribution in [0.1, 0.15) is 41.3 Å². The Morgan fingerprint density at radius 2 is 2.04 bits per heavy atom. The molecule has 0 saturated carbocycles. The number of aryl methyl sites for hydroxylation is 1. The molecule has 1 aliphatic heterocycles. The number of benzene rings is 1. The molecule has 0 radical (unpaired) electrons. The first-order chi connectivity index (χ1) is 11.1. The van der Waals surface area contributed by atoms with Gasteiger partial charge in [0.15, 0.2) is 0 Å². The highest BCUT2D eigenvalue weighted by atomic mass is 35.5. The number of amides is 1. The van der Waals surface area contributed by atoms with Gasteiger partial charge in [0.2, 0.25) is 0 Å². The number of aromatic nitrogens is 3. The van der Waals surface area contributed by atoms with Gasteiger partial charge in [-0.15, -0.1) is 10.2 Å². The predicted molar refractivity (Wildman–Crippen MR) is 90.1 cm³/mol. The number of carbonyl (C=O) groups excluding carboxylic acids is 1. The SMILES string of the molecule is O=C(NCCc1nnc2n1CCCCC2)c1ccc(Cl)c(Cl)c1. The Labute approximate surface area is 145 Å². The van der Waals surface area contributed by atoms with Crippen molar-refractivity contribution in [1.82, 2.24) is 20.1 Å². The topological polar surface area (TPSA) is 59.8 Å². The Morgan fingerprint density at radius 1 is 1.17 bits per heavy atom. The van der Waals surface area contributed by atoms with Gasteiger partial charge in [-0.2, -0.15) is 0 Å². The molecule has 0 fully saturated rings. The standard InChI is InChI=1S/C16H18Cl2N4O/c17-12-6-5-11(10-13(12)18)16(23)19-8-7-15-21-20-14-4-2-1-3-9-22(14)15/h5-6,10H,1-4,7-9H2,(H,19,23). The van der Waals surface area contributed by atoms with Gasteiger partial charge >= 0.3 is 0 Å². The van der Waals surface area contributed by atoms with Gasteiger partial charge in [-0.3, -0.25) is 4.79 Å². The van der Waals surface area contributed by atoms with Gasteiger partial charge in [-0.1, -0.05) is 29.6 Å². The molecule has 0 atom stereocenters.